The lowest BCUT2D eigenvalue weighted by Gasteiger charge is -2.08. The summed E-state index contributed by atoms with van der Waals surface area (Å²) in [6.45, 7) is 7.69. The third kappa shape index (κ3) is 4.72. The summed E-state index contributed by atoms with van der Waals surface area (Å²) in [5, 5.41) is 7.49. The summed E-state index contributed by atoms with van der Waals surface area (Å²) in [6.07, 6.45) is 2.75. The van der Waals surface area contributed by atoms with E-state index in [0.29, 0.717) is 5.92 Å². The predicted octanol–water partition coefficient (Wildman–Crippen LogP) is 1.06. The molecule has 0 aromatic carbocycles. The van der Waals surface area contributed by atoms with E-state index in [-0.39, 0.29) is 0 Å². The van der Waals surface area contributed by atoms with Crippen LogP contribution in [-0.2, 0) is 17.8 Å². The normalized spacial score (nSPS) is 11.2. The molecule has 5 heteroatoms. The highest BCUT2D eigenvalue weighted by Gasteiger charge is 2.04. The largest absolute Gasteiger partial charge is 0.383 e. The average Bonchev–Trinajstić information content (AvgIpc) is 2.69. The second kappa shape index (κ2) is 7.35. The van der Waals surface area contributed by atoms with E-state index in [1.807, 2.05) is 4.68 Å². The highest BCUT2D eigenvalue weighted by molar-refractivity contribution is 4.83. The number of ether oxygens (including phenoxy) is 1. The van der Waals surface area contributed by atoms with E-state index in [1.165, 1.54) is 0 Å². The molecule has 0 aliphatic rings. The fourth-order valence-electron chi connectivity index (χ4n) is 1.37. The van der Waals surface area contributed by atoms with Crippen molar-refractivity contribution in [2.24, 2.45) is 5.92 Å². The van der Waals surface area contributed by atoms with Gasteiger partial charge in [-0.15, -0.1) is 0 Å². The van der Waals surface area contributed by atoms with Gasteiger partial charge < -0.3 is 10.1 Å². The van der Waals surface area contributed by atoms with Crippen molar-refractivity contribution in [3.63, 3.8) is 0 Å². The van der Waals surface area contributed by atoms with Crippen molar-refractivity contribution < 1.29 is 4.74 Å². The van der Waals surface area contributed by atoms with Gasteiger partial charge in [-0.25, -0.2) is 9.67 Å². The van der Waals surface area contributed by atoms with Crippen molar-refractivity contribution in [3.05, 3.63) is 12.2 Å². The van der Waals surface area contributed by atoms with Gasteiger partial charge in [-0.1, -0.05) is 13.8 Å². The summed E-state index contributed by atoms with van der Waals surface area (Å²) >= 11 is 0. The molecule has 0 saturated heterocycles. The second-order valence-electron chi connectivity index (χ2n) is 4.25. The van der Waals surface area contributed by atoms with Crippen LogP contribution in [0, 0.1) is 5.92 Å². The van der Waals surface area contributed by atoms with Crippen LogP contribution in [0.3, 0.4) is 0 Å². The van der Waals surface area contributed by atoms with Crippen molar-refractivity contribution in [2.45, 2.75) is 33.4 Å². The molecule has 0 fully saturated rings. The van der Waals surface area contributed by atoms with Gasteiger partial charge in [0.15, 0.2) is 0 Å². The Labute approximate surface area is 97.2 Å². The number of hydrogen-bond donors (Lipinski definition) is 1. The van der Waals surface area contributed by atoms with Crippen molar-refractivity contribution in [1.82, 2.24) is 20.1 Å². The van der Waals surface area contributed by atoms with Crippen LogP contribution in [0.25, 0.3) is 0 Å². The minimum atomic E-state index is 0.693. The van der Waals surface area contributed by atoms with Crippen molar-refractivity contribution in [2.75, 3.05) is 20.3 Å². The van der Waals surface area contributed by atoms with Gasteiger partial charge in [0.25, 0.3) is 0 Å². The minimum Gasteiger partial charge on any atom is -0.383 e. The SMILES string of the molecule is COCCNCc1ncnn1CCC(C)C. The van der Waals surface area contributed by atoms with Crippen molar-refractivity contribution in [1.29, 1.82) is 0 Å². The van der Waals surface area contributed by atoms with Crippen LogP contribution in [0.2, 0.25) is 0 Å². The van der Waals surface area contributed by atoms with Gasteiger partial charge in [-0.3, -0.25) is 0 Å². The summed E-state index contributed by atoms with van der Waals surface area (Å²) in [5.41, 5.74) is 0. The van der Waals surface area contributed by atoms with Crippen LogP contribution >= 0.6 is 0 Å². The highest BCUT2D eigenvalue weighted by atomic mass is 16.5. The summed E-state index contributed by atoms with van der Waals surface area (Å²) < 4.78 is 6.94. The van der Waals surface area contributed by atoms with E-state index < -0.39 is 0 Å². The lowest BCUT2D eigenvalue weighted by Crippen LogP contribution is -2.21. The van der Waals surface area contributed by atoms with Gasteiger partial charge >= 0.3 is 0 Å². The predicted molar refractivity (Wildman–Crippen MR) is 63.1 cm³/mol. The number of aromatic nitrogens is 3. The number of hydrogen-bond acceptors (Lipinski definition) is 4. The maximum atomic E-state index is 4.97. The molecule has 0 spiro atoms. The van der Waals surface area contributed by atoms with Gasteiger partial charge in [-0.05, 0) is 12.3 Å². The molecule has 0 amide bonds. The first-order valence-electron chi connectivity index (χ1n) is 5.80. The molecule has 1 rings (SSSR count). The molecule has 1 aromatic rings. The smallest absolute Gasteiger partial charge is 0.140 e. The minimum absolute atomic E-state index is 0.693. The summed E-state index contributed by atoms with van der Waals surface area (Å²) in [6, 6.07) is 0. The number of methoxy groups -OCH3 is 1. The Kier molecular flexibility index (Phi) is 6.03. The first kappa shape index (κ1) is 13.1. The molecule has 0 aliphatic carbocycles. The summed E-state index contributed by atoms with van der Waals surface area (Å²) in [7, 11) is 1.70. The van der Waals surface area contributed by atoms with Crippen LogP contribution < -0.4 is 5.32 Å². The van der Waals surface area contributed by atoms with E-state index in [0.717, 1.165) is 38.5 Å². The second-order valence-corrected chi connectivity index (χ2v) is 4.25. The van der Waals surface area contributed by atoms with Crippen LogP contribution in [0.15, 0.2) is 6.33 Å². The standard InChI is InChI=1S/C11H22N4O/c1-10(2)4-6-15-11(13-9-14-15)8-12-5-7-16-3/h9-10,12H,4-8H2,1-3H3. The van der Waals surface area contributed by atoms with Crippen molar-refractivity contribution in [3.8, 4) is 0 Å². The zero-order valence-corrected chi connectivity index (χ0v) is 10.4. The Morgan fingerprint density at radius 1 is 1.50 bits per heavy atom. The Morgan fingerprint density at radius 2 is 2.31 bits per heavy atom. The third-order valence-corrected chi connectivity index (χ3v) is 2.38. The van der Waals surface area contributed by atoms with Crippen LogP contribution in [-0.4, -0.2) is 35.0 Å². The van der Waals surface area contributed by atoms with E-state index in [9.17, 15) is 0 Å². The fraction of sp³-hybridized carbons (Fsp3) is 0.818. The molecule has 0 saturated carbocycles. The Morgan fingerprint density at radius 3 is 3.00 bits per heavy atom. The van der Waals surface area contributed by atoms with Crippen LogP contribution in [0.5, 0.6) is 0 Å². The molecule has 16 heavy (non-hydrogen) atoms. The van der Waals surface area contributed by atoms with Gasteiger partial charge in [0.05, 0.1) is 13.2 Å². The Bertz CT molecular complexity index is 285. The van der Waals surface area contributed by atoms with E-state index >= 15 is 0 Å². The molecule has 1 aromatic heterocycles. The van der Waals surface area contributed by atoms with E-state index in [4.69, 9.17) is 4.74 Å². The molecule has 0 unspecified atom stereocenters. The number of aryl methyl sites for hydroxylation is 1. The molecular formula is C11H22N4O. The fourth-order valence-corrected chi connectivity index (χ4v) is 1.37. The Balaban J connectivity index is 2.32. The first-order chi connectivity index (χ1) is 7.74. The van der Waals surface area contributed by atoms with Gasteiger partial charge in [0, 0.05) is 20.2 Å². The summed E-state index contributed by atoms with van der Waals surface area (Å²) in [5.74, 6) is 1.69. The summed E-state index contributed by atoms with van der Waals surface area (Å²) in [4.78, 5) is 4.24. The number of nitrogens with zero attached hydrogens (tertiary/aromatic N) is 3. The molecule has 0 bridgehead atoms. The van der Waals surface area contributed by atoms with E-state index in [1.54, 1.807) is 13.4 Å². The topological polar surface area (TPSA) is 52.0 Å². The Hall–Kier alpha value is -0.940. The maximum absolute atomic E-state index is 4.97. The molecule has 0 radical (unpaired) electrons. The van der Waals surface area contributed by atoms with Gasteiger partial charge in [0.2, 0.25) is 0 Å². The number of rotatable bonds is 8. The monoisotopic (exact) mass is 226 g/mol. The molecular weight excluding hydrogens is 204 g/mol. The molecule has 0 atom stereocenters. The zero-order valence-electron chi connectivity index (χ0n) is 10.4. The van der Waals surface area contributed by atoms with E-state index in [2.05, 4.69) is 29.2 Å². The van der Waals surface area contributed by atoms with Gasteiger partial charge in [0.1, 0.15) is 12.2 Å². The number of nitrogens with one attached hydrogen (secondary N) is 1. The third-order valence-electron chi connectivity index (χ3n) is 2.38. The molecule has 5 nitrogen and oxygen atoms in total. The molecule has 0 aliphatic heterocycles. The van der Waals surface area contributed by atoms with Gasteiger partial charge in [-0.2, -0.15) is 5.10 Å². The molecule has 1 N–H and O–H groups in total. The molecule has 92 valence electrons. The maximum Gasteiger partial charge on any atom is 0.140 e. The zero-order chi connectivity index (χ0) is 11.8. The van der Waals surface area contributed by atoms with Crippen LogP contribution in [0.1, 0.15) is 26.1 Å². The molecule has 1 heterocycles. The van der Waals surface area contributed by atoms with Crippen LogP contribution in [0.4, 0.5) is 0 Å². The average molecular weight is 226 g/mol. The lowest BCUT2D eigenvalue weighted by atomic mass is 10.1. The lowest BCUT2D eigenvalue weighted by molar-refractivity contribution is 0.198. The highest BCUT2D eigenvalue weighted by Crippen LogP contribution is 2.03. The first-order valence-corrected chi connectivity index (χ1v) is 5.80. The quantitative estimate of drug-likeness (QED) is 0.673. The van der Waals surface area contributed by atoms with Crippen molar-refractivity contribution >= 4 is 0 Å².